The molecule has 0 bridgehead atoms. The van der Waals surface area contributed by atoms with Gasteiger partial charge in [-0.25, -0.2) is 4.39 Å². The van der Waals surface area contributed by atoms with Crippen LogP contribution in [0.1, 0.15) is 15.9 Å². The Bertz CT molecular complexity index is 572. The lowest BCUT2D eigenvalue weighted by Gasteiger charge is -2.00. The highest BCUT2D eigenvalue weighted by Crippen LogP contribution is 2.23. The molecular weight excluding hydrogens is 207 g/mol. The van der Waals surface area contributed by atoms with Crippen molar-refractivity contribution in [3.63, 3.8) is 0 Å². The molecule has 0 atom stereocenters. The summed E-state index contributed by atoms with van der Waals surface area (Å²) in [4.78, 5) is 11.6. The van der Waals surface area contributed by atoms with E-state index in [-0.39, 0.29) is 11.7 Å². The highest BCUT2D eigenvalue weighted by molar-refractivity contribution is 6.07. The van der Waals surface area contributed by atoms with Crippen LogP contribution in [0.5, 0.6) is 0 Å². The van der Waals surface area contributed by atoms with Crippen LogP contribution in [0.25, 0.3) is 10.9 Å². The van der Waals surface area contributed by atoms with Crippen LogP contribution in [0, 0.1) is 12.7 Å². The van der Waals surface area contributed by atoms with Crippen LogP contribution in [-0.2, 0) is 7.05 Å². The second kappa shape index (κ2) is 3.63. The van der Waals surface area contributed by atoms with E-state index in [0.717, 1.165) is 10.9 Å². The lowest BCUT2D eigenvalue weighted by atomic mass is 10.1. The number of benzene rings is 1. The average molecular weight is 220 g/mol. The maximum atomic E-state index is 13.4. The molecule has 0 aliphatic heterocycles. The van der Waals surface area contributed by atoms with E-state index in [9.17, 15) is 9.18 Å². The minimum absolute atomic E-state index is 0.156. The van der Waals surface area contributed by atoms with E-state index in [1.165, 1.54) is 6.07 Å². The van der Waals surface area contributed by atoms with Gasteiger partial charge in [-0.15, -0.1) is 0 Å². The van der Waals surface area contributed by atoms with Gasteiger partial charge in [0.25, 0.3) is 5.91 Å². The molecule has 3 nitrogen and oxygen atoms in total. The van der Waals surface area contributed by atoms with E-state index in [1.54, 1.807) is 37.8 Å². The molecule has 4 heteroatoms. The summed E-state index contributed by atoms with van der Waals surface area (Å²) < 4.78 is 15.2. The van der Waals surface area contributed by atoms with E-state index in [2.05, 4.69) is 5.32 Å². The minimum atomic E-state index is -0.253. The van der Waals surface area contributed by atoms with E-state index in [0.29, 0.717) is 11.1 Å². The Morgan fingerprint density at radius 3 is 2.75 bits per heavy atom. The first-order valence-corrected chi connectivity index (χ1v) is 5.02. The van der Waals surface area contributed by atoms with Crippen LogP contribution in [0.2, 0.25) is 0 Å². The van der Waals surface area contributed by atoms with Crippen LogP contribution in [0.3, 0.4) is 0 Å². The number of hydrogen-bond acceptors (Lipinski definition) is 1. The molecule has 0 unspecified atom stereocenters. The van der Waals surface area contributed by atoms with Crippen molar-refractivity contribution >= 4 is 16.8 Å². The first-order chi connectivity index (χ1) is 7.54. The summed E-state index contributed by atoms with van der Waals surface area (Å²) in [6, 6.07) is 3.16. The molecule has 1 amide bonds. The van der Waals surface area contributed by atoms with Gasteiger partial charge in [0.2, 0.25) is 0 Å². The summed E-state index contributed by atoms with van der Waals surface area (Å²) >= 11 is 0. The van der Waals surface area contributed by atoms with Crippen molar-refractivity contribution in [1.29, 1.82) is 0 Å². The maximum Gasteiger partial charge on any atom is 0.253 e. The number of aryl methyl sites for hydroxylation is 2. The van der Waals surface area contributed by atoms with Gasteiger partial charge in [0.15, 0.2) is 0 Å². The summed E-state index contributed by atoms with van der Waals surface area (Å²) in [5.41, 5.74) is 1.84. The lowest BCUT2D eigenvalue weighted by molar-refractivity contribution is 0.0964. The predicted octanol–water partition coefficient (Wildman–Crippen LogP) is 1.99. The maximum absolute atomic E-state index is 13.4. The molecule has 16 heavy (non-hydrogen) atoms. The third-order valence-corrected chi connectivity index (χ3v) is 2.74. The fourth-order valence-corrected chi connectivity index (χ4v) is 1.83. The molecule has 0 aliphatic rings. The Kier molecular flexibility index (Phi) is 2.42. The minimum Gasteiger partial charge on any atom is -0.355 e. The standard InChI is InChI=1S/C12H13FN2O/c1-7-4-8-9(12(16)14-2)6-15(3)11(8)5-10(7)13/h4-6H,1-3H3,(H,14,16). The number of nitrogens with one attached hydrogen (secondary N) is 1. The van der Waals surface area contributed by atoms with Gasteiger partial charge >= 0.3 is 0 Å². The predicted molar refractivity (Wildman–Crippen MR) is 61.0 cm³/mol. The second-order valence-corrected chi connectivity index (χ2v) is 3.85. The lowest BCUT2D eigenvalue weighted by Crippen LogP contribution is -2.17. The second-order valence-electron chi connectivity index (χ2n) is 3.85. The molecule has 84 valence electrons. The molecule has 0 saturated heterocycles. The zero-order chi connectivity index (χ0) is 11.9. The van der Waals surface area contributed by atoms with Gasteiger partial charge in [0.1, 0.15) is 5.82 Å². The number of halogens is 1. The summed E-state index contributed by atoms with van der Waals surface area (Å²) in [7, 11) is 3.38. The molecule has 0 spiro atoms. The van der Waals surface area contributed by atoms with Crippen molar-refractivity contribution in [1.82, 2.24) is 9.88 Å². The summed E-state index contributed by atoms with van der Waals surface area (Å²) in [6.07, 6.45) is 1.71. The number of carbonyl (C=O) groups excluding carboxylic acids is 1. The fourth-order valence-electron chi connectivity index (χ4n) is 1.83. The number of aromatic nitrogens is 1. The van der Waals surface area contributed by atoms with Crippen LogP contribution in [0.15, 0.2) is 18.3 Å². The largest absolute Gasteiger partial charge is 0.355 e. The van der Waals surface area contributed by atoms with Crippen molar-refractivity contribution in [3.8, 4) is 0 Å². The SMILES string of the molecule is CNC(=O)c1cn(C)c2cc(F)c(C)cc12. The van der Waals surface area contributed by atoms with Crippen molar-refractivity contribution in [2.45, 2.75) is 6.92 Å². The van der Waals surface area contributed by atoms with E-state index in [1.807, 2.05) is 0 Å². The Hall–Kier alpha value is -1.84. The van der Waals surface area contributed by atoms with E-state index in [4.69, 9.17) is 0 Å². The average Bonchev–Trinajstić information content (AvgIpc) is 2.56. The van der Waals surface area contributed by atoms with E-state index < -0.39 is 0 Å². The van der Waals surface area contributed by atoms with E-state index >= 15 is 0 Å². The zero-order valence-electron chi connectivity index (χ0n) is 9.47. The normalized spacial score (nSPS) is 10.8. The molecular formula is C12H13FN2O. The number of carbonyl (C=O) groups is 1. The molecule has 2 rings (SSSR count). The Morgan fingerprint density at radius 2 is 2.12 bits per heavy atom. The van der Waals surface area contributed by atoms with Gasteiger partial charge in [0.05, 0.1) is 11.1 Å². The van der Waals surface area contributed by atoms with Crippen LogP contribution in [0.4, 0.5) is 4.39 Å². The Balaban J connectivity index is 2.78. The molecule has 0 saturated carbocycles. The number of rotatable bonds is 1. The summed E-state index contributed by atoms with van der Waals surface area (Å²) in [6.45, 7) is 1.69. The Morgan fingerprint density at radius 1 is 1.44 bits per heavy atom. The molecule has 0 fully saturated rings. The summed E-state index contributed by atoms with van der Waals surface area (Å²) in [5.74, 6) is -0.409. The summed E-state index contributed by atoms with van der Waals surface area (Å²) in [5, 5.41) is 3.35. The van der Waals surface area contributed by atoms with Gasteiger partial charge in [-0.05, 0) is 24.6 Å². The number of hydrogen-bond donors (Lipinski definition) is 1. The molecule has 0 radical (unpaired) electrons. The third-order valence-electron chi connectivity index (χ3n) is 2.74. The molecule has 1 heterocycles. The van der Waals surface area contributed by atoms with Crippen molar-refractivity contribution in [3.05, 3.63) is 35.3 Å². The van der Waals surface area contributed by atoms with Crippen molar-refractivity contribution in [2.24, 2.45) is 7.05 Å². The first-order valence-electron chi connectivity index (χ1n) is 5.02. The van der Waals surface area contributed by atoms with Gasteiger partial charge < -0.3 is 9.88 Å². The number of nitrogens with zero attached hydrogens (tertiary/aromatic N) is 1. The van der Waals surface area contributed by atoms with Gasteiger partial charge in [-0.1, -0.05) is 0 Å². The van der Waals surface area contributed by atoms with Crippen molar-refractivity contribution in [2.75, 3.05) is 7.05 Å². The highest BCUT2D eigenvalue weighted by atomic mass is 19.1. The van der Waals surface area contributed by atoms with Crippen LogP contribution in [-0.4, -0.2) is 17.5 Å². The molecule has 1 N–H and O–H groups in total. The fraction of sp³-hybridized carbons (Fsp3) is 0.250. The van der Waals surface area contributed by atoms with Gasteiger partial charge in [-0.2, -0.15) is 0 Å². The van der Waals surface area contributed by atoms with Crippen LogP contribution >= 0.6 is 0 Å². The van der Waals surface area contributed by atoms with Gasteiger partial charge in [0, 0.05) is 25.7 Å². The monoisotopic (exact) mass is 220 g/mol. The molecule has 1 aromatic carbocycles. The molecule has 2 aromatic rings. The highest BCUT2D eigenvalue weighted by Gasteiger charge is 2.14. The molecule has 1 aromatic heterocycles. The quantitative estimate of drug-likeness (QED) is 0.783. The van der Waals surface area contributed by atoms with Crippen LogP contribution < -0.4 is 5.32 Å². The third kappa shape index (κ3) is 1.46. The smallest absolute Gasteiger partial charge is 0.253 e. The number of amides is 1. The number of fused-ring (bicyclic) bond motifs is 1. The van der Waals surface area contributed by atoms with Gasteiger partial charge in [-0.3, -0.25) is 4.79 Å². The van der Waals surface area contributed by atoms with Crippen molar-refractivity contribution < 1.29 is 9.18 Å². The Labute approximate surface area is 92.9 Å². The zero-order valence-corrected chi connectivity index (χ0v) is 9.47. The topological polar surface area (TPSA) is 34.0 Å². The first kappa shape index (κ1) is 10.7. The molecule has 0 aliphatic carbocycles.